The van der Waals surface area contributed by atoms with Crippen molar-refractivity contribution in [2.75, 3.05) is 7.05 Å². The van der Waals surface area contributed by atoms with E-state index in [1.807, 2.05) is 13.8 Å². The van der Waals surface area contributed by atoms with E-state index in [0.717, 1.165) is 5.56 Å². The Hall–Kier alpha value is -1.42. The number of carbonyl (C=O) groups excluding carboxylic acids is 1. The highest BCUT2D eigenvalue weighted by Crippen LogP contribution is 2.09. The van der Waals surface area contributed by atoms with Gasteiger partial charge in [-0.3, -0.25) is 4.79 Å². The summed E-state index contributed by atoms with van der Waals surface area (Å²) < 4.78 is 13.0. The summed E-state index contributed by atoms with van der Waals surface area (Å²) in [5.41, 5.74) is 6.65. The number of benzene rings is 1. The number of halogens is 1. The fraction of sp³-hybridized carbons (Fsp3) is 0.500. The van der Waals surface area contributed by atoms with Crippen LogP contribution in [0.25, 0.3) is 0 Å². The summed E-state index contributed by atoms with van der Waals surface area (Å²) in [5.74, 6) is -0.0239. The first-order valence-electron chi connectivity index (χ1n) is 6.14. The molecule has 2 N–H and O–H groups in total. The number of hydrogen-bond donors (Lipinski definition) is 1. The maximum Gasteiger partial charge on any atom is 0.224 e. The number of rotatable bonds is 5. The lowest BCUT2D eigenvalue weighted by atomic mass is 10.0. The summed E-state index contributed by atoms with van der Waals surface area (Å²) >= 11 is 0. The van der Waals surface area contributed by atoms with E-state index in [1.165, 1.54) is 12.1 Å². The van der Waals surface area contributed by atoms with E-state index in [-0.39, 0.29) is 23.7 Å². The molecular formula is C14H21FN2O. The minimum atomic E-state index is -0.285. The Bertz CT molecular complexity index is 407. The molecule has 1 atom stereocenters. The van der Waals surface area contributed by atoms with Crippen molar-refractivity contribution in [3.63, 3.8) is 0 Å². The second kappa shape index (κ2) is 6.50. The molecule has 0 bridgehead atoms. The molecule has 0 radical (unpaired) electrons. The lowest BCUT2D eigenvalue weighted by Crippen LogP contribution is -2.35. The van der Waals surface area contributed by atoms with Gasteiger partial charge in [-0.1, -0.05) is 26.0 Å². The maximum absolute atomic E-state index is 13.0. The molecule has 1 rings (SSSR count). The van der Waals surface area contributed by atoms with E-state index < -0.39 is 0 Å². The molecule has 1 unspecified atom stereocenters. The summed E-state index contributed by atoms with van der Waals surface area (Å²) in [6.07, 6.45) is 0.323. The van der Waals surface area contributed by atoms with Crippen molar-refractivity contribution in [1.29, 1.82) is 0 Å². The van der Waals surface area contributed by atoms with Crippen LogP contribution < -0.4 is 5.73 Å². The van der Waals surface area contributed by atoms with Gasteiger partial charge in [0.05, 0.1) is 0 Å². The minimum absolute atomic E-state index is 0.0135. The molecule has 0 heterocycles. The van der Waals surface area contributed by atoms with Gasteiger partial charge in [-0.05, 0) is 23.6 Å². The van der Waals surface area contributed by atoms with Gasteiger partial charge in [0.1, 0.15) is 5.82 Å². The molecule has 1 amide bonds. The zero-order valence-corrected chi connectivity index (χ0v) is 11.2. The van der Waals surface area contributed by atoms with Gasteiger partial charge in [-0.2, -0.15) is 0 Å². The van der Waals surface area contributed by atoms with Crippen LogP contribution in [0.5, 0.6) is 0 Å². The predicted molar refractivity (Wildman–Crippen MR) is 70.3 cm³/mol. The molecule has 0 aliphatic carbocycles. The van der Waals surface area contributed by atoms with Crippen LogP contribution in [0, 0.1) is 11.7 Å². The van der Waals surface area contributed by atoms with Crippen LogP contribution in [0.4, 0.5) is 4.39 Å². The molecule has 100 valence electrons. The fourth-order valence-corrected chi connectivity index (χ4v) is 1.59. The number of amides is 1. The molecular weight excluding hydrogens is 231 g/mol. The monoisotopic (exact) mass is 252 g/mol. The maximum atomic E-state index is 13.0. The van der Waals surface area contributed by atoms with E-state index >= 15 is 0 Å². The Kier molecular flexibility index (Phi) is 5.28. The zero-order valence-electron chi connectivity index (χ0n) is 11.2. The summed E-state index contributed by atoms with van der Waals surface area (Å²) in [5, 5.41) is 0. The third-order valence-electron chi connectivity index (χ3n) is 3.00. The van der Waals surface area contributed by atoms with Gasteiger partial charge in [-0.25, -0.2) is 4.39 Å². The number of nitrogens with two attached hydrogens (primary N) is 1. The van der Waals surface area contributed by atoms with Gasteiger partial charge >= 0.3 is 0 Å². The van der Waals surface area contributed by atoms with Crippen molar-refractivity contribution < 1.29 is 9.18 Å². The Morgan fingerprint density at radius 3 is 2.67 bits per heavy atom. The zero-order chi connectivity index (χ0) is 13.7. The van der Waals surface area contributed by atoms with Gasteiger partial charge in [0.15, 0.2) is 0 Å². The van der Waals surface area contributed by atoms with Crippen LogP contribution in [0.3, 0.4) is 0 Å². The highest BCUT2D eigenvalue weighted by molar-refractivity contribution is 5.76. The van der Waals surface area contributed by atoms with E-state index in [0.29, 0.717) is 13.0 Å². The molecule has 0 aliphatic heterocycles. The minimum Gasteiger partial charge on any atom is -0.341 e. The van der Waals surface area contributed by atoms with E-state index in [9.17, 15) is 9.18 Å². The topological polar surface area (TPSA) is 46.3 Å². The van der Waals surface area contributed by atoms with Crippen molar-refractivity contribution in [3.05, 3.63) is 35.6 Å². The van der Waals surface area contributed by atoms with Crippen molar-refractivity contribution >= 4 is 5.91 Å². The number of nitrogens with zero attached hydrogens (tertiary/aromatic N) is 1. The van der Waals surface area contributed by atoms with Gasteiger partial charge < -0.3 is 10.6 Å². The first-order valence-corrected chi connectivity index (χ1v) is 6.14. The van der Waals surface area contributed by atoms with Crippen LogP contribution >= 0.6 is 0 Å². The number of carbonyl (C=O) groups is 1. The molecule has 1 aromatic rings. The molecule has 1 aromatic carbocycles. The van der Waals surface area contributed by atoms with Gasteiger partial charge in [0.25, 0.3) is 0 Å². The standard InChI is InChI=1S/C14H21FN2O/c1-10(2)13(16)8-14(18)17(3)9-11-5-4-6-12(15)7-11/h4-7,10,13H,8-9,16H2,1-3H3. The van der Waals surface area contributed by atoms with Crippen molar-refractivity contribution in [3.8, 4) is 0 Å². The normalized spacial score (nSPS) is 12.6. The summed E-state index contributed by atoms with van der Waals surface area (Å²) in [7, 11) is 1.71. The molecule has 0 aliphatic rings. The molecule has 3 nitrogen and oxygen atoms in total. The van der Waals surface area contributed by atoms with Crippen LogP contribution in [0.2, 0.25) is 0 Å². The van der Waals surface area contributed by atoms with Crippen molar-refractivity contribution in [1.82, 2.24) is 4.90 Å². The smallest absolute Gasteiger partial charge is 0.224 e. The van der Waals surface area contributed by atoms with Crippen molar-refractivity contribution in [2.45, 2.75) is 32.9 Å². The first-order chi connectivity index (χ1) is 8.40. The highest BCUT2D eigenvalue weighted by atomic mass is 19.1. The Morgan fingerprint density at radius 2 is 2.11 bits per heavy atom. The van der Waals surface area contributed by atoms with Crippen molar-refractivity contribution in [2.24, 2.45) is 11.7 Å². The average Bonchev–Trinajstić information content (AvgIpc) is 2.28. The van der Waals surface area contributed by atoms with E-state index in [1.54, 1.807) is 24.1 Å². The second-order valence-corrected chi connectivity index (χ2v) is 4.99. The van der Waals surface area contributed by atoms with Crippen LogP contribution in [0.1, 0.15) is 25.8 Å². The Labute approximate surface area is 108 Å². The van der Waals surface area contributed by atoms with Crippen LogP contribution in [-0.4, -0.2) is 23.9 Å². The molecule has 0 fully saturated rings. The molecule has 0 saturated heterocycles. The molecule has 0 aromatic heterocycles. The predicted octanol–water partition coefficient (Wildman–Crippen LogP) is 2.16. The SMILES string of the molecule is CC(C)C(N)CC(=O)N(C)Cc1cccc(F)c1. The highest BCUT2D eigenvalue weighted by Gasteiger charge is 2.16. The second-order valence-electron chi connectivity index (χ2n) is 4.99. The average molecular weight is 252 g/mol. The van der Waals surface area contributed by atoms with Crippen LogP contribution in [-0.2, 0) is 11.3 Å². The fourth-order valence-electron chi connectivity index (χ4n) is 1.59. The third kappa shape index (κ3) is 4.45. The number of hydrogen-bond acceptors (Lipinski definition) is 2. The largest absolute Gasteiger partial charge is 0.341 e. The molecule has 4 heteroatoms. The molecule has 18 heavy (non-hydrogen) atoms. The third-order valence-corrected chi connectivity index (χ3v) is 3.00. The quantitative estimate of drug-likeness (QED) is 0.873. The van der Waals surface area contributed by atoms with E-state index in [4.69, 9.17) is 5.73 Å². The lowest BCUT2D eigenvalue weighted by molar-refractivity contribution is -0.131. The van der Waals surface area contributed by atoms with Gasteiger partial charge in [0, 0.05) is 26.1 Å². The first kappa shape index (κ1) is 14.6. The Morgan fingerprint density at radius 1 is 1.44 bits per heavy atom. The van der Waals surface area contributed by atoms with Gasteiger partial charge in [0.2, 0.25) is 5.91 Å². The molecule has 0 spiro atoms. The lowest BCUT2D eigenvalue weighted by Gasteiger charge is -2.21. The summed E-state index contributed by atoms with van der Waals surface area (Å²) in [6.45, 7) is 4.39. The summed E-state index contributed by atoms with van der Waals surface area (Å²) in [6, 6.07) is 6.14. The summed E-state index contributed by atoms with van der Waals surface area (Å²) in [4.78, 5) is 13.5. The van der Waals surface area contributed by atoms with E-state index in [2.05, 4.69) is 0 Å². The van der Waals surface area contributed by atoms with Crippen LogP contribution in [0.15, 0.2) is 24.3 Å². The van der Waals surface area contributed by atoms with Gasteiger partial charge in [-0.15, -0.1) is 0 Å². The molecule has 0 saturated carbocycles. The Balaban J connectivity index is 2.55.